The maximum absolute atomic E-state index is 12.4. The van der Waals surface area contributed by atoms with Gasteiger partial charge in [-0.15, -0.1) is 0 Å². The standard InChI is InChI=1S/C17H17Br2N5O/c1-11-16(19)10-24(22-11)12(2)17(25)21-15-7-20-23(9-15)8-13-3-5-14(18)6-4-13/h3-7,9-10,12H,8H2,1-2H3,(H,21,25). The van der Waals surface area contributed by atoms with E-state index in [1.807, 2.05) is 37.4 Å². The largest absolute Gasteiger partial charge is 0.322 e. The van der Waals surface area contributed by atoms with Gasteiger partial charge in [0, 0.05) is 16.9 Å². The van der Waals surface area contributed by atoms with Crippen LogP contribution in [-0.4, -0.2) is 25.5 Å². The van der Waals surface area contributed by atoms with Crippen LogP contribution in [0.4, 0.5) is 5.69 Å². The van der Waals surface area contributed by atoms with Crippen molar-refractivity contribution in [3.05, 3.63) is 63.1 Å². The lowest BCUT2D eigenvalue weighted by Crippen LogP contribution is -2.23. The number of halogens is 2. The van der Waals surface area contributed by atoms with E-state index in [-0.39, 0.29) is 5.91 Å². The van der Waals surface area contributed by atoms with Crippen LogP contribution in [0.3, 0.4) is 0 Å². The number of nitrogens with one attached hydrogen (secondary N) is 1. The third-order valence-electron chi connectivity index (χ3n) is 3.79. The summed E-state index contributed by atoms with van der Waals surface area (Å²) in [6.45, 7) is 4.34. The highest BCUT2D eigenvalue weighted by Crippen LogP contribution is 2.18. The maximum atomic E-state index is 12.4. The van der Waals surface area contributed by atoms with Gasteiger partial charge in [-0.05, 0) is 47.5 Å². The van der Waals surface area contributed by atoms with Crippen LogP contribution in [0.25, 0.3) is 0 Å². The molecule has 3 rings (SSSR count). The summed E-state index contributed by atoms with van der Waals surface area (Å²) in [5, 5.41) is 11.5. The van der Waals surface area contributed by atoms with Crippen LogP contribution in [0.2, 0.25) is 0 Å². The molecule has 3 aromatic rings. The number of carbonyl (C=O) groups excluding carboxylic acids is 1. The van der Waals surface area contributed by atoms with Crippen molar-refractivity contribution in [2.24, 2.45) is 0 Å². The van der Waals surface area contributed by atoms with E-state index in [2.05, 4.69) is 47.4 Å². The highest BCUT2D eigenvalue weighted by molar-refractivity contribution is 9.10. The van der Waals surface area contributed by atoms with E-state index >= 15 is 0 Å². The minimum absolute atomic E-state index is 0.141. The van der Waals surface area contributed by atoms with E-state index in [1.54, 1.807) is 28.7 Å². The van der Waals surface area contributed by atoms with Crippen molar-refractivity contribution >= 4 is 43.5 Å². The van der Waals surface area contributed by atoms with Gasteiger partial charge in [0.15, 0.2) is 0 Å². The van der Waals surface area contributed by atoms with E-state index in [9.17, 15) is 4.79 Å². The average Bonchev–Trinajstić information content (AvgIpc) is 3.15. The first kappa shape index (κ1) is 17.9. The molecule has 130 valence electrons. The highest BCUT2D eigenvalue weighted by Gasteiger charge is 2.17. The predicted octanol–water partition coefficient (Wildman–Crippen LogP) is 4.16. The van der Waals surface area contributed by atoms with Crippen LogP contribution < -0.4 is 5.32 Å². The molecule has 2 heterocycles. The fourth-order valence-corrected chi connectivity index (χ4v) is 2.87. The molecule has 1 unspecified atom stereocenters. The zero-order valence-electron chi connectivity index (χ0n) is 13.8. The van der Waals surface area contributed by atoms with E-state index in [4.69, 9.17) is 0 Å². The van der Waals surface area contributed by atoms with E-state index in [0.29, 0.717) is 12.2 Å². The molecule has 25 heavy (non-hydrogen) atoms. The van der Waals surface area contributed by atoms with Crippen molar-refractivity contribution in [3.63, 3.8) is 0 Å². The third kappa shape index (κ3) is 4.38. The van der Waals surface area contributed by atoms with E-state index in [1.165, 1.54) is 0 Å². The Morgan fingerprint density at radius 1 is 1.24 bits per heavy atom. The van der Waals surface area contributed by atoms with E-state index < -0.39 is 6.04 Å². The lowest BCUT2D eigenvalue weighted by atomic mass is 10.2. The Kier molecular flexibility index (Phi) is 5.39. The first-order valence-electron chi connectivity index (χ1n) is 7.71. The molecule has 1 N–H and O–H groups in total. The number of aromatic nitrogens is 4. The van der Waals surface area contributed by atoms with Crippen LogP contribution >= 0.6 is 31.9 Å². The second kappa shape index (κ2) is 7.53. The monoisotopic (exact) mass is 465 g/mol. The second-order valence-corrected chi connectivity index (χ2v) is 7.53. The minimum atomic E-state index is -0.417. The fourth-order valence-electron chi connectivity index (χ4n) is 2.32. The van der Waals surface area contributed by atoms with Crippen molar-refractivity contribution in [2.45, 2.75) is 26.4 Å². The van der Waals surface area contributed by atoms with Crippen LogP contribution in [0.15, 0.2) is 51.8 Å². The molecule has 0 aliphatic heterocycles. The summed E-state index contributed by atoms with van der Waals surface area (Å²) in [6, 6.07) is 7.63. The molecule has 8 heteroatoms. The first-order chi connectivity index (χ1) is 11.9. The summed E-state index contributed by atoms with van der Waals surface area (Å²) in [4.78, 5) is 12.4. The summed E-state index contributed by atoms with van der Waals surface area (Å²) in [5.74, 6) is -0.141. The van der Waals surface area contributed by atoms with Crippen molar-refractivity contribution in [1.29, 1.82) is 0 Å². The SMILES string of the molecule is Cc1nn(C(C)C(=O)Nc2cnn(Cc3ccc(Br)cc3)c2)cc1Br. The second-order valence-electron chi connectivity index (χ2n) is 5.76. The third-order valence-corrected chi connectivity index (χ3v) is 5.10. The Morgan fingerprint density at radius 3 is 2.60 bits per heavy atom. The topological polar surface area (TPSA) is 64.7 Å². The molecule has 0 saturated carbocycles. The highest BCUT2D eigenvalue weighted by atomic mass is 79.9. The van der Waals surface area contributed by atoms with Gasteiger partial charge in [0.05, 0.1) is 28.6 Å². The molecule has 1 atom stereocenters. The molecule has 1 amide bonds. The Hall–Kier alpha value is -1.93. The average molecular weight is 467 g/mol. The zero-order chi connectivity index (χ0) is 18.0. The number of aryl methyl sites for hydroxylation is 1. The number of nitrogens with zero attached hydrogens (tertiary/aromatic N) is 4. The number of carbonyl (C=O) groups is 1. The van der Waals surface area contributed by atoms with Gasteiger partial charge in [-0.3, -0.25) is 14.2 Å². The molecular weight excluding hydrogens is 450 g/mol. The summed E-state index contributed by atoms with van der Waals surface area (Å²) in [7, 11) is 0. The lowest BCUT2D eigenvalue weighted by molar-refractivity contribution is -0.119. The molecule has 2 aromatic heterocycles. The summed E-state index contributed by atoms with van der Waals surface area (Å²) in [6.07, 6.45) is 5.27. The molecular formula is C17H17Br2N5O. The molecule has 0 radical (unpaired) electrons. The van der Waals surface area contributed by atoms with Gasteiger partial charge < -0.3 is 5.32 Å². The zero-order valence-corrected chi connectivity index (χ0v) is 17.0. The van der Waals surface area contributed by atoms with Crippen LogP contribution in [-0.2, 0) is 11.3 Å². The summed E-state index contributed by atoms with van der Waals surface area (Å²) < 4.78 is 5.35. The lowest BCUT2D eigenvalue weighted by Gasteiger charge is -2.11. The Balaban J connectivity index is 1.64. The molecule has 0 bridgehead atoms. The molecule has 0 saturated heterocycles. The first-order valence-corrected chi connectivity index (χ1v) is 9.30. The summed E-state index contributed by atoms with van der Waals surface area (Å²) in [5.41, 5.74) is 2.65. The number of rotatable bonds is 5. The quantitative estimate of drug-likeness (QED) is 0.613. The molecule has 0 spiro atoms. The van der Waals surface area contributed by atoms with Crippen LogP contribution in [0, 0.1) is 6.92 Å². The molecule has 6 nitrogen and oxygen atoms in total. The van der Waals surface area contributed by atoms with Gasteiger partial charge in [0.2, 0.25) is 5.91 Å². The van der Waals surface area contributed by atoms with Crippen LogP contribution in [0.5, 0.6) is 0 Å². The maximum Gasteiger partial charge on any atom is 0.249 e. The van der Waals surface area contributed by atoms with Gasteiger partial charge in [0.1, 0.15) is 6.04 Å². The van der Waals surface area contributed by atoms with Gasteiger partial charge in [-0.1, -0.05) is 28.1 Å². The van der Waals surface area contributed by atoms with E-state index in [0.717, 1.165) is 20.2 Å². The molecule has 0 aliphatic rings. The minimum Gasteiger partial charge on any atom is -0.322 e. The van der Waals surface area contributed by atoms with Crippen molar-refractivity contribution in [2.75, 3.05) is 5.32 Å². The van der Waals surface area contributed by atoms with Gasteiger partial charge >= 0.3 is 0 Å². The van der Waals surface area contributed by atoms with Crippen molar-refractivity contribution in [1.82, 2.24) is 19.6 Å². The number of anilines is 1. The Labute approximate surface area is 162 Å². The number of hydrogen-bond donors (Lipinski definition) is 1. The summed E-state index contributed by atoms with van der Waals surface area (Å²) >= 11 is 6.83. The Bertz CT molecular complexity index is 865. The smallest absolute Gasteiger partial charge is 0.249 e. The van der Waals surface area contributed by atoms with Crippen molar-refractivity contribution < 1.29 is 4.79 Å². The Morgan fingerprint density at radius 2 is 1.96 bits per heavy atom. The molecule has 1 aromatic carbocycles. The normalized spacial score (nSPS) is 12.2. The van der Waals surface area contributed by atoms with Gasteiger partial charge in [-0.25, -0.2) is 0 Å². The molecule has 0 aliphatic carbocycles. The van der Waals surface area contributed by atoms with Crippen molar-refractivity contribution in [3.8, 4) is 0 Å². The predicted molar refractivity (Wildman–Crippen MR) is 103 cm³/mol. The number of benzene rings is 1. The fraction of sp³-hybridized carbons (Fsp3) is 0.235. The number of amides is 1. The molecule has 0 fully saturated rings. The van der Waals surface area contributed by atoms with Crippen LogP contribution in [0.1, 0.15) is 24.2 Å². The van der Waals surface area contributed by atoms with Gasteiger partial charge in [-0.2, -0.15) is 10.2 Å². The number of hydrogen-bond acceptors (Lipinski definition) is 3. The van der Waals surface area contributed by atoms with Gasteiger partial charge in [0.25, 0.3) is 0 Å².